The third-order valence-electron chi connectivity index (χ3n) is 1.88. The fourth-order valence-corrected chi connectivity index (χ4v) is 1.26. The lowest BCUT2D eigenvalue weighted by Gasteiger charge is -1.98. The average molecular weight is 280 g/mol. The van der Waals surface area contributed by atoms with Gasteiger partial charge in [-0.05, 0) is 29.4 Å². The molecule has 0 heterocycles. The van der Waals surface area contributed by atoms with Crippen LogP contribution >= 0.6 is 0 Å². The van der Waals surface area contributed by atoms with Crippen molar-refractivity contribution in [2.75, 3.05) is 0 Å². The van der Waals surface area contributed by atoms with Gasteiger partial charge in [0.15, 0.2) is 0 Å². The molecule has 0 aliphatic rings. The molecule has 0 N–H and O–H groups in total. The first-order chi connectivity index (χ1) is 10.2. The predicted molar refractivity (Wildman–Crippen MR) is 79.0 cm³/mol. The molecule has 0 spiro atoms. The van der Waals surface area contributed by atoms with E-state index < -0.39 is 0 Å². The van der Waals surface area contributed by atoms with Gasteiger partial charge in [-0.2, -0.15) is 0 Å². The standard InChI is InChI=1S/C12H10.3CNO/c1-3-7-11(8-4-1)12-9-5-2-6-10-12;3*2-1-3/h1-10H;;;/q;3*-1. The molecule has 2 aromatic carbocycles. The minimum absolute atomic E-state index is 0.500. The lowest BCUT2D eigenvalue weighted by Crippen LogP contribution is -1.73. The van der Waals surface area contributed by atoms with E-state index in [2.05, 4.69) is 48.5 Å². The number of rotatable bonds is 1. The van der Waals surface area contributed by atoms with Crippen LogP contribution in [0.15, 0.2) is 60.7 Å². The van der Waals surface area contributed by atoms with Gasteiger partial charge in [0.25, 0.3) is 0 Å². The van der Waals surface area contributed by atoms with E-state index in [4.69, 9.17) is 30.6 Å². The summed E-state index contributed by atoms with van der Waals surface area (Å²) in [6.45, 7) is 0. The van der Waals surface area contributed by atoms with Crippen LogP contribution < -0.4 is 0 Å². The molecule has 0 unspecified atom stereocenters. The Morgan fingerprint density at radius 3 is 0.905 bits per heavy atom. The molecular formula is C15H10N3O3-3. The Balaban J connectivity index is 0. The van der Waals surface area contributed by atoms with Gasteiger partial charge in [-0.15, -0.1) is 0 Å². The van der Waals surface area contributed by atoms with Crippen molar-refractivity contribution in [1.82, 2.24) is 0 Å². The van der Waals surface area contributed by atoms with E-state index >= 15 is 0 Å². The summed E-state index contributed by atoms with van der Waals surface area (Å²) in [7, 11) is 0. The molecule has 0 aliphatic carbocycles. The van der Waals surface area contributed by atoms with E-state index in [1.165, 1.54) is 11.1 Å². The predicted octanol–water partition coefficient (Wildman–Crippen LogP) is 3.03. The molecule has 0 fully saturated rings. The fourth-order valence-electron chi connectivity index (χ4n) is 1.26. The highest BCUT2D eigenvalue weighted by molar-refractivity contribution is 5.62. The van der Waals surface area contributed by atoms with Gasteiger partial charge in [0.2, 0.25) is 0 Å². The molecule has 0 amide bonds. The van der Waals surface area contributed by atoms with Crippen LogP contribution in [-0.4, -0.2) is 18.2 Å². The summed E-state index contributed by atoms with van der Waals surface area (Å²) in [5.74, 6) is 0. The van der Waals surface area contributed by atoms with Crippen molar-refractivity contribution in [3.05, 3.63) is 76.9 Å². The van der Waals surface area contributed by atoms with Crippen LogP contribution in [0.2, 0.25) is 0 Å². The van der Waals surface area contributed by atoms with Gasteiger partial charge >= 0.3 is 0 Å². The second-order valence-corrected chi connectivity index (χ2v) is 3.01. The molecule has 106 valence electrons. The fraction of sp³-hybridized carbons (Fsp3) is 0. The minimum atomic E-state index is 0.500. The molecule has 0 aromatic heterocycles. The molecule has 21 heavy (non-hydrogen) atoms. The quantitative estimate of drug-likeness (QED) is 0.589. The number of benzene rings is 2. The molecule has 0 radical (unpaired) electrons. The summed E-state index contributed by atoms with van der Waals surface area (Å²) in [5.41, 5.74) is 2.55. The van der Waals surface area contributed by atoms with E-state index in [1.54, 1.807) is 0 Å². The first-order valence-electron chi connectivity index (χ1n) is 5.35. The zero-order valence-electron chi connectivity index (χ0n) is 10.8. The van der Waals surface area contributed by atoms with Crippen molar-refractivity contribution in [1.29, 1.82) is 0 Å². The van der Waals surface area contributed by atoms with Gasteiger partial charge in [0.05, 0.1) is 0 Å². The molecule has 2 aromatic rings. The second kappa shape index (κ2) is 16.6. The zero-order chi connectivity index (χ0) is 16.3. The lowest BCUT2D eigenvalue weighted by atomic mass is 10.1. The lowest BCUT2D eigenvalue weighted by molar-refractivity contribution is 0.568. The maximum absolute atomic E-state index is 8.24. The third kappa shape index (κ3) is 12.8. The van der Waals surface area contributed by atoms with Crippen molar-refractivity contribution < 1.29 is 14.4 Å². The van der Waals surface area contributed by atoms with Gasteiger partial charge in [-0.25, -0.2) is 0 Å². The van der Waals surface area contributed by atoms with Crippen molar-refractivity contribution in [2.45, 2.75) is 0 Å². The summed E-state index contributed by atoms with van der Waals surface area (Å²) >= 11 is 0. The van der Waals surface area contributed by atoms with Crippen molar-refractivity contribution in [3.8, 4) is 11.1 Å². The van der Waals surface area contributed by atoms with E-state index in [-0.39, 0.29) is 0 Å². The highest BCUT2D eigenvalue weighted by Gasteiger charge is 1.91. The SMILES string of the molecule is [N-]=C=O.[N-]=C=O.[N-]=C=O.c1ccc(-c2ccccc2)cc1. The number of hydrogen-bond donors (Lipinski definition) is 0. The molecule has 2 rings (SSSR count). The molecule has 0 saturated heterocycles. The van der Waals surface area contributed by atoms with E-state index in [0.717, 1.165) is 0 Å². The summed E-state index contributed by atoms with van der Waals surface area (Å²) in [5, 5.41) is 20.3. The van der Waals surface area contributed by atoms with Crippen LogP contribution in [-0.2, 0) is 14.4 Å². The summed E-state index contributed by atoms with van der Waals surface area (Å²) in [6, 6.07) is 20.8. The van der Waals surface area contributed by atoms with Gasteiger partial charge in [0, 0.05) is 0 Å². The maximum Gasteiger partial charge on any atom is -0.0159 e. The zero-order valence-corrected chi connectivity index (χ0v) is 10.8. The Morgan fingerprint density at radius 2 is 0.714 bits per heavy atom. The van der Waals surface area contributed by atoms with Crippen LogP contribution in [0.4, 0.5) is 0 Å². The minimum Gasteiger partial charge on any atom is -0.724 e. The van der Waals surface area contributed by atoms with Crippen molar-refractivity contribution in [3.63, 3.8) is 0 Å². The average Bonchev–Trinajstić information content (AvgIpc) is 2.51. The van der Waals surface area contributed by atoms with Gasteiger partial charge in [-0.1, -0.05) is 60.7 Å². The van der Waals surface area contributed by atoms with Crippen LogP contribution in [0.3, 0.4) is 0 Å². The third-order valence-corrected chi connectivity index (χ3v) is 1.88. The van der Waals surface area contributed by atoms with E-state index in [0.29, 0.717) is 18.2 Å². The summed E-state index contributed by atoms with van der Waals surface area (Å²) in [4.78, 5) is 24.7. The maximum atomic E-state index is 8.24. The number of isocyanates is 3. The Bertz CT molecular complexity index is 514. The largest absolute Gasteiger partial charge is 0.724 e. The molecule has 0 atom stereocenters. The molecular weight excluding hydrogens is 270 g/mol. The summed E-state index contributed by atoms with van der Waals surface area (Å²) < 4.78 is 0. The Labute approximate surface area is 121 Å². The molecule has 0 aliphatic heterocycles. The highest BCUT2D eigenvalue weighted by Crippen LogP contribution is 2.17. The first-order valence-corrected chi connectivity index (χ1v) is 5.35. The van der Waals surface area contributed by atoms with Crippen molar-refractivity contribution >= 4 is 18.2 Å². The van der Waals surface area contributed by atoms with Crippen LogP contribution in [0.1, 0.15) is 0 Å². The van der Waals surface area contributed by atoms with Crippen LogP contribution in [0, 0.1) is 0 Å². The molecule has 0 bridgehead atoms. The highest BCUT2D eigenvalue weighted by atomic mass is 16.1. The van der Waals surface area contributed by atoms with E-state index in [9.17, 15) is 0 Å². The summed E-state index contributed by atoms with van der Waals surface area (Å²) in [6.07, 6.45) is 1.50. The Kier molecular flexibility index (Phi) is 15.7. The first kappa shape index (κ1) is 19.9. The van der Waals surface area contributed by atoms with Crippen molar-refractivity contribution in [2.24, 2.45) is 0 Å². The monoisotopic (exact) mass is 280 g/mol. The molecule has 6 heteroatoms. The molecule has 0 saturated carbocycles. The van der Waals surface area contributed by atoms with Crippen LogP contribution in [0.25, 0.3) is 27.4 Å². The Hall–Kier alpha value is -3.42. The smallest absolute Gasteiger partial charge is 0.0159 e. The topological polar surface area (TPSA) is 118 Å². The number of hydrogen-bond acceptors (Lipinski definition) is 3. The Morgan fingerprint density at radius 1 is 0.524 bits per heavy atom. The number of carbonyl (C=O) groups excluding carboxylic acids is 3. The van der Waals surface area contributed by atoms with Gasteiger partial charge in [0.1, 0.15) is 0 Å². The normalized spacial score (nSPS) is 6.67. The van der Waals surface area contributed by atoms with E-state index in [1.807, 2.05) is 12.1 Å². The second-order valence-electron chi connectivity index (χ2n) is 3.01. The number of nitrogens with zero attached hydrogens (tertiary/aromatic N) is 3. The van der Waals surface area contributed by atoms with Crippen LogP contribution in [0.5, 0.6) is 0 Å². The van der Waals surface area contributed by atoms with Gasteiger partial charge < -0.3 is 16.2 Å². The molecule has 6 nitrogen and oxygen atoms in total. The van der Waals surface area contributed by atoms with Gasteiger partial charge in [-0.3, -0.25) is 14.4 Å².